The highest BCUT2D eigenvalue weighted by Crippen LogP contribution is 2.45. The van der Waals surface area contributed by atoms with Gasteiger partial charge in [-0.05, 0) is 147 Å². The fraction of sp³-hybridized carbons (Fsp3) is 0. The van der Waals surface area contributed by atoms with Crippen LogP contribution < -0.4 is 0 Å². The number of benzene rings is 16. The normalized spacial score (nSPS) is 11.4. The van der Waals surface area contributed by atoms with E-state index in [1.165, 1.54) is 60.4 Å². The number of furan rings is 1. The zero-order valence-electron chi connectivity index (χ0n) is 60.1. The number of fused-ring (bicyclic) bond motifs is 9. The van der Waals surface area contributed by atoms with Crippen LogP contribution >= 0.6 is 0 Å². The summed E-state index contributed by atoms with van der Waals surface area (Å²) < 4.78 is 11.0. The number of para-hydroxylation sites is 2. The molecule has 0 saturated heterocycles. The maximum atomic E-state index is 6.23. The molecule has 5 aromatic heterocycles. The fourth-order valence-electron chi connectivity index (χ4n) is 15.6. The first-order valence-electron chi connectivity index (χ1n) is 37.3. The molecule has 5 heterocycles. The first kappa shape index (κ1) is 65.5. The Morgan fingerprint density at radius 3 is 0.928 bits per heavy atom. The summed E-state index contributed by atoms with van der Waals surface area (Å²) in [5.74, 6) is 3.84. The summed E-state index contributed by atoms with van der Waals surface area (Å²) in [5.41, 5.74) is 25.8. The van der Waals surface area contributed by atoms with Crippen molar-refractivity contribution in [2.24, 2.45) is 0 Å². The molecule has 111 heavy (non-hydrogen) atoms. The van der Waals surface area contributed by atoms with E-state index in [0.29, 0.717) is 34.9 Å². The molecular weight excluding hydrogens is 1350 g/mol. The molecule has 0 aliphatic carbocycles. The summed E-state index contributed by atoms with van der Waals surface area (Å²) in [7, 11) is 0. The van der Waals surface area contributed by atoms with Crippen LogP contribution in [0.1, 0.15) is 0 Å². The molecule has 0 amide bonds. The Labute approximate surface area is 640 Å². The third-order valence-electron chi connectivity index (χ3n) is 20.9. The number of rotatable bonds is 13. The zero-order valence-corrected chi connectivity index (χ0v) is 60.1. The van der Waals surface area contributed by atoms with Gasteiger partial charge < -0.3 is 13.6 Å². The fourth-order valence-corrected chi connectivity index (χ4v) is 15.6. The van der Waals surface area contributed by atoms with Crippen LogP contribution in [0.2, 0.25) is 0 Å². The van der Waals surface area contributed by atoms with Gasteiger partial charge in [-0.15, -0.1) is 0 Å². The Morgan fingerprint density at radius 1 is 0.171 bits per heavy atom. The SMILES string of the molecule is c1ccc(-c2ccc3c(c2)c2c(-c4cccc(-c5cccc(-c6nc(-c7ccccc7)nc(-c7ccccc7)n6)c5)c4)cccc2n3-c2ccccc2)cc1.c1ccc(-c2ccc3c(c2)c2c(-c4cccc(-c5nc(-c6ccccc6)nc(-c6ccccc6)n5)c4)cccc2n3-c2ccc3oc4ccccc4c3c2)cc1. The summed E-state index contributed by atoms with van der Waals surface area (Å²) in [6.07, 6.45) is 0. The van der Waals surface area contributed by atoms with Crippen LogP contribution in [0.5, 0.6) is 0 Å². The molecule has 9 heteroatoms. The molecule has 0 saturated carbocycles. The number of nitrogens with zero attached hydrogens (tertiary/aromatic N) is 8. The molecule has 16 aromatic carbocycles. The van der Waals surface area contributed by atoms with Gasteiger partial charge in [0, 0.05) is 77.1 Å². The second kappa shape index (κ2) is 28.3. The summed E-state index contributed by atoms with van der Waals surface area (Å²) in [6.45, 7) is 0. The van der Waals surface area contributed by atoms with Crippen LogP contribution in [-0.2, 0) is 0 Å². The molecule has 520 valence electrons. The van der Waals surface area contributed by atoms with Gasteiger partial charge in [0.25, 0.3) is 0 Å². The van der Waals surface area contributed by atoms with Crippen LogP contribution in [0.3, 0.4) is 0 Å². The molecule has 0 aliphatic heterocycles. The first-order valence-corrected chi connectivity index (χ1v) is 37.3. The van der Waals surface area contributed by atoms with E-state index in [1.807, 2.05) is 133 Å². The molecule has 21 rings (SSSR count). The quantitative estimate of drug-likeness (QED) is 0.113. The van der Waals surface area contributed by atoms with E-state index in [4.69, 9.17) is 34.3 Å². The monoisotopic (exact) mass is 1420 g/mol. The lowest BCUT2D eigenvalue weighted by Gasteiger charge is -2.11. The lowest BCUT2D eigenvalue weighted by Crippen LogP contribution is -2.00. The maximum absolute atomic E-state index is 6.23. The van der Waals surface area contributed by atoms with Gasteiger partial charge in [0.05, 0.1) is 22.1 Å². The van der Waals surface area contributed by atoms with E-state index < -0.39 is 0 Å². The summed E-state index contributed by atoms with van der Waals surface area (Å²) >= 11 is 0. The molecule has 9 nitrogen and oxygen atoms in total. The standard InChI is InChI=1S/C51H32N4O.C51H34N4/c1-4-14-33(15-5-1)36-26-28-44-43(31-36)48-40(23-13-24-45(48)55(44)39-27-29-47-42(32-39)41-22-10-11-25-46(41)56-47)37-20-12-21-38(30-37)51-53-49(34-16-6-2-7-17-34)52-50(54-51)35-18-8-3-9-19-35;1-5-16-35(17-6-1)40-30-31-46-45(34-40)48-44(28-15-29-47(48)55(46)43-26-11-4-12-27-43)41-24-13-22-38(32-41)39-23-14-25-42(33-39)51-53-49(36-18-7-2-8-19-36)52-50(54-51)37-20-9-3-10-21-37/h1-32H;1-34H. The van der Waals surface area contributed by atoms with E-state index in [2.05, 4.69) is 276 Å². The van der Waals surface area contributed by atoms with E-state index in [0.717, 1.165) is 106 Å². The Kier molecular flexibility index (Phi) is 16.7. The number of aromatic nitrogens is 8. The van der Waals surface area contributed by atoms with Gasteiger partial charge in [-0.1, -0.05) is 309 Å². The van der Waals surface area contributed by atoms with Crippen molar-refractivity contribution in [3.63, 3.8) is 0 Å². The summed E-state index contributed by atoms with van der Waals surface area (Å²) in [5, 5.41) is 7.02. The Balaban J connectivity index is 0.000000145. The third-order valence-corrected chi connectivity index (χ3v) is 20.9. The summed E-state index contributed by atoms with van der Waals surface area (Å²) in [6, 6.07) is 140. The van der Waals surface area contributed by atoms with Gasteiger partial charge in [0.2, 0.25) is 0 Å². The van der Waals surface area contributed by atoms with E-state index in [1.54, 1.807) is 0 Å². The number of hydrogen-bond donors (Lipinski definition) is 0. The second-order valence-corrected chi connectivity index (χ2v) is 27.7. The number of hydrogen-bond acceptors (Lipinski definition) is 7. The average molecular weight is 1420 g/mol. The van der Waals surface area contributed by atoms with Crippen LogP contribution in [0, 0.1) is 0 Å². The highest BCUT2D eigenvalue weighted by atomic mass is 16.3. The molecule has 0 atom stereocenters. The van der Waals surface area contributed by atoms with Crippen LogP contribution in [0.15, 0.2) is 405 Å². The van der Waals surface area contributed by atoms with Crippen LogP contribution in [0.25, 0.3) is 201 Å². The predicted octanol–water partition coefficient (Wildman–Crippen LogP) is 26.2. The van der Waals surface area contributed by atoms with Crippen LogP contribution in [0.4, 0.5) is 0 Å². The highest BCUT2D eigenvalue weighted by Gasteiger charge is 2.23. The van der Waals surface area contributed by atoms with Crippen molar-refractivity contribution in [1.29, 1.82) is 0 Å². The van der Waals surface area contributed by atoms with Crippen molar-refractivity contribution in [3.8, 4) is 135 Å². The smallest absolute Gasteiger partial charge is 0.164 e. The Morgan fingerprint density at radius 2 is 0.486 bits per heavy atom. The Bertz CT molecular complexity index is 6930. The molecule has 0 fully saturated rings. The van der Waals surface area contributed by atoms with Gasteiger partial charge in [0.15, 0.2) is 34.9 Å². The van der Waals surface area contributed by atoms with Gasteiger partial charge in [-0.2, -0.15) is 0 Å². The zero-order chi connectivity index (χ0) is 73.6. The molecule has 0 spiro atoms. The minimum atomic E-state index is 0.626. The predicted molar refractivity (Wildman–Crippen MR) is 455 cm³/mol. The summed E-state index contributed by atoms with van der Waals surface area (Å²) in [4.78, 5) is 29.9. The minimum Gasteiger partial charge on any atom is -0.456 e. The maximum Gasteiger partial charge on any atom is 0.164 e. The van der Waals surface area contributed by atoms with Gasteiger partial charge in [-0.3, -0.25) is 0 Å². The third kappa shape index (κ3) is 12.4. The molecule has 0 radical (unpaired) electrons. The van der Waals surface area contributed by atoms with Gasteiger partial charge >= 0.3 is 0 Å². The largest absolute Gasteiger partial charge is 0.456 e. The molecule has 0 bridgehead atoms. The lowest BCUT2D eigenvalue weighted by molar-refractivity contribution is 0.669. The van der Waals surface area contributed by atoms with E-state index in [9.17, 15) is 0 Å². The van der Waals surface area contributed by atoms with Crippen LogP contribution in [-0.4, -0.2) is 39.0 Å². The molecular formula is C102H66N8O. The molecule has 0 N–H and O–H groups in total. The van der Waals surface area contributed by atoms with E-state index in [-0.39, 0.29) is 0 Å². The molecule has 21 aromatic rings. The first-order chi connectivity index (χ1) is 55.0. The van der Waals surface area contributed by atoms with Crippen molar-refractivity contribution in [2.75, 3.05) is 0 Å². The average Bonchev–Trinajstić information content (AvgIpc) is 1.57. The Hall–Kier alpha value is -15.1. The minimum absolute atomic E-state index is 0.626. The lowest BCUT2D eigenvalue weighted by atomic mass is 9.94. The molecule has 0 unspecified atom stereocenters. The topological polar surface area (TPSA) is 100 Å². The van der Waals surface area contributed by atoms with Gasteiger partial charge in [0.1, 0.15) is 11.2 Å². The molecule has 0 aliphatic rings. The van der Waals surface area contributed by atoms with Crippen molar-refractivity contribution in [3.05, 3.63) is 400 Å². The van der Waals surface area contributed by atoms with Crippen molar-refractivity contribution in [2.45, 2.75) is 0 Å². The highest BCUT2D eigenvalue weighted by molar-refractivity contribution is 6.18. The van der Waals surface area contributed by atoms with Crippen molar-refractivity contribution < 1.29 is 4.42 Å². The van der Waals surface area contributed by atoms with Crippen molar-refractivity contribution >= 4 is 65.6 Å². The second-order valence-electron chi connectivity index (χ2n) is 27.7. The van der Waals surface area contributed by atoms with Crippen molar-refractivity contribution in [1.82, 2.24) is 39.0 Å². The van der Waals surface area contributed by atoms with Gasteiger partial charge in [-0.25, -0.2) is 29.9 Å². The van der Waals surface area contributed by atoms with E-state index >= 15 is 0 Å².